The van der Waals surface area contributed by atoms with E-state index in [1.165, 1.54) is 6.92 Å². The number of carbonyl (C=O) groups is 1. The largest absolute Gasteiger partial charge is 0.464 e. The van der Waals surface area contributed by atoms with E-state index in [-0.39, 0.29) is 5.97 Å². The summed E-state index contributed by atoms with van der Waals surface area (Å²) in [4.78, 5) is 13.0. The molecule has 4 nitrogen and oxygen atoms in total. The maximum absolute atomic E-state index is 10.9. The Hall–Kier alpha value is -2.49. The van der Waals surface area contributed by atoms with Gasteiger partial charge >= 0.3 is 5.97 Å². The monoisotopic (exact) mass is 269 g/mol. The highest BCUT2D eigenvalue weighted by Gasteiger charge is 2.23. The third kappa shape index (κ3) is 2.32. The second-order valence-electron chi connectivity index (χ2n) is 4.53. The predicted molar refractivity (Wildman–Crippen MR) is 76.6 cm³/mol. The fraction of sp³-hybridized carbons (Fsp3) is 0.188. The number of hydrogen-bond donors (Lipinski definition) is 0. The van der Waals surface area contributed by atoms with Crippen molar-refractivity contribution in [1.82, 2.24) is 0 Å². The van der Waals surface area contributed by atoms with Gasteiger partial charge in [-0.3, -0.25) is 4.79 Å². The van der Waals surface area contributed by atoms with Crippen LogP contribution < -0.4 is 9.64 Å². The molecular weight excluding hydrogens is 254 g/mol. The van der Waals surface area contributed by atoms with Crippen molar-refractivity contribution in [2.24, 2.45) is 0 Å². The number of hydrogen-bond acceptors (Lipinski definition) is 4. The first-order valence-electron chi connectivity index (χ1n) is 6.52. The Morgan fingerprint density at radius 1 is 1.05 bits per heavy atom. The highest BCUT2D eigenvalue weighted by atomic mass is 16.5. The van der Waals surface area contributed by atoms with E-state index in [4.69, 9.17) is 9.47 Å². The lowest BCUT2D eigenvalue weighted by Crippen LogP contribution is -2.26. The van der Waals surface area contributed by atoms with Crippen LogP contribution in [0.4, 0.5) is 11.4 Å². The average Bonchev–Trinajstić information content (AvgIpc) is 2.46. The van der Waals surface area contributed by atoms with Gasteiger partial charge in [0.25, 0.3) is 0 Å². The SMILES string of the molecule is CC(=O)OCCN1c2ccccc2Oc2ccccc21. The number of anilines is 2. The number of rotatable bonds is 3. The van der Waals surface area contributed by atoms with E-state index in [9.17, 15) is 4.79 Å². The summed E-state index contributed by atoms with van der Waals surface area (Å²) < 4.78 is 10.9. The zero-order valence-corrected chi connectivity index (χ0v) is 11.2. The Morgan fingerprint density at radius 3 is 2.15 bits per heavy atom. The minimum atomic E-state index is -0.264. The predicted octanol–water partition coefficient (Wildman–Crippen LogP) is 3.49. The molecule has 0 spiro atoms. The maximum atomic E-state index is 10.9. The Bertz CT molecular complexity index is 594. The first-order valence-corrected chi connectivity index (χ1v) is 6.52. The third-order valence-electron chi connectivity index (χ3n) is 3.15. The Balaban J connectivity index is 1.93. The summed E-state index contributed by atoms with van der Waals surface area (Å²) in [6.45, 7) is 2.36. The first-order chi connectivity index (χ1) is 9.75. The zero-order valence-electron chi connectivity index (χ0n) is 11.2. The van der Waals surface area contributed by atoms with Crippen molar-refractivity contribution in [3.63, 3.8) is 0 Å². The Kier molecular flexibility index (Phi) is 3.29. The molecule has 20 heavy (non-hydrogen) atoms. The number of ether oxygens (including phenoxy) is 2. The molecule has 0 bridgehead atoms. The Labute approximate surface area is 117 Å². The number of nitrogens with zero attached hydrogens (tertiary/aromatic N) is 1. The van der Waals surface area contributed by atoms with Crippen LogP contribution in [0.3, 0.4) is 0 Å². The van der Waals surface area contributed by atoms with Crippen LogP contribution in [0.5, 0.6) is 11.5 Å². The van der Waals surface area contributed by atoms with Crippen molar-refractivity contribution in [2.75, 3.05) is 18.1 Å². The lowest BCUT2D eigenvalue weighted by Gasteiger charge is -2.32. The van der Waals surface area contributed by atoms with Crippen LogP contribution in [0, 0.1) is 0 Å². The molecule has 0 radical (unpaired) electrons. The van der Waals surface area contributed by atoms with Crippen molar-refractivity contribution >= 4 is 17.3 Å². The molecule has 0 aliphatic carbocycles. The molecule has 0 aromatic heterocycles. The molecule has 102 valence electrons. The van der Waals surface area contributed by atoms with E-state index in [2.05, 4.69) is 4.90 Å². The fourth-order valence-electron chi connectivity index (χ4n) is 2.30. The summed E-state index contributed by atoms with van der Waals surface area (Å²) in [6, 6.07) is 15.7. The molecule has 0 fully saturated rings. The molecule has 1 heterocycles. The van der Waals surface area contributed by atoms with Gasteiger partial charge in [0.05, 0.1) is 17.9 Å². The highest BCUT2D eigenvalue weighted by molar-refractivity contribution is 5.77. The molecule has 0 atom stereocenters. The highest BCUT2D eigenvalue weighted by Crippen LogP contribution is 2.45. The normalized spacial score (nSPS) is 12.2. The van der Waals surface area contributed by atoms with Gasteiger partial charge in [-0.2, -0.15) is 0 Å². The van der Waals surface area contributed by atoms with E-state index in [0.717, 1.165) is 22.9 Å². The van der Waals surface area contributed by atoms with Crippen LogP contribution in [0.2, 0.25) is 0 Å². The summed E-state index contributed by atoms with van der Waals surface area (Å²) in [5.41, 5.74) is 1.97. The summed E-state index contributed by atoms with van der Waals surface area (Å²) in [6.07, 6.45) is 0. The second kappa shape index (κ2) is 5.25. The summed E-state index contributed by atoms with van der Waals surface area (Å²) >= 11 is 0. The lowest BCUT2D eigenvalue weighted by atomic mass is 10.1. The molecule has 2 aromatic rings. The minimum absolute atomic E-state index is 0.264. The van der Waals surface area contributed by atoms with Gasteiger partial charge in [-0.15, -0.1) is 0 Å². The Morgan fingerprint density at radius 2 is 1.60 bits per heavy atom. The van der Waals surface area contributed by atoms with Crippen molar-refractivity contribution < 1.29 is 14.3 Å². The van der Waals surface area contributed by atoms with Crippen molar-refractivity contribution in [3.05, 3.63) is 48.5 Å². The van der Waals surface area contributed by atoms with E-state index in [0.29, 0.717) is 13.2 Å². The zero-order chi connectivity index (χ0) is 13.9. The number of benzene rings is 2. The first kappa shape index (κ1) is 12.5. The van der Waals surface area contributed by atoms with Gasteiger partial charge in [0.1, 0.15) is 6.61 Å². The van der Waals surface area contributed by atoms with Gasteiger partial charge in [0.15, 0.2) is 11.5 Å². The van der Waals surface area contributed by atoms with Crippen molar-refractivity contribution in [2.45, 2.75) is 6.92 Å². The number of para-hydroxylation sites is 4. The molecule has 1 aliphatic heterocycles. The molecule has 1 aliphatic rings. The van der Waals surface area contributed by atoms with Crippen LogP contribution >= 0.6 is 0 Å². The number of fused-ring (bicyclic) bond motifs is 2. The molecule has 2 aromatic carbocycles. The van der Waals surface area contributed by atoms with Gasteiger partial charge in [0, 0.05) is 6.92 Å². The molecular formula is C16H15NO3. The third-order valence-corrected chi connectivity index (χ3v) is 3.15. The molecule has 0 amide bonds. The van der Waals surface area contributed by atoms with Crippen molar-refractivity contribution in [1.29, 1.82) is 0 Å². The summed E-state index contributed by atoms with van der Waals surface area (Å²) in [5, 5.41) is 0. The number of carbonyl (C=O) groups excluding carboxylic acids is 1. The van der Waals surface area contributed by atoms with Crippen LogP contribution in [0.15, 0.2) is 48.5 Å². The molecule has 4 heteroatoms. The quantitative estimate of drug-likeness (QED) is 0.799. The van der Waals surface area contributed by atoms with Crippen LogP contribution in [0.25, 0.3) is 0 Å². The van der Waals surface area contributed by atoms with Gasteiger partial charge in [0.2, 0.25) is 0 Å². The minimum Gasteiger partial charge on any atom is -0.464 e. The second-order valence-corrected chi connectivity index (χ2v) is 4.53. The number of esters is 1. The molecule has 0 saturated heterocycles. The van der Waals surface area contributed by atoms with Crippen LogP contribution in [-0.2, 0) is 9.53 Å². The molecule has 3 rings (SSSR count). The van der Waals surface area contributed by atoms with Gasteiger partial charge in [-0.05, 0) is 24.3 Å². The summed E-state index contributed by atoms with van der Waals surface area (Å²) in [7, 11) is 0. The van der Waals surface area contributed by atoms with Crippen LogP contribution in [0.1, 0.15) is 6.92 Å². The lowest BCUT2D eigenvalue weighted by molar-refractivity contribution is -0.140. The molecule has 0 N–H and O–H groups in total. The smallest absolute Gasteiger partial charge is 0.302 e. The van der Waals surface area contributed by atoms with Gasteiger partial charge < -0.3 is 14.4 Å². The van der Waals surface area contributed by atoms with E-state index >= 15 is 0 Å². The molecule has 0 saturated carbocycles. The summed E-state index contributed by atoms with van der Waals surface area (Å²) in [5.74, 6) is 1.36. The van der Waals surface area contributed by atoms with E-state index < -0.39 is 0 Å². The van der Waals surface area contributed by atoms with Crippen molar-refractivity contribution in [3.8, 4) is 11.5 Å². The topological polar surface area (TPSA) is 38.8 Å². The molecule has 0 unspecified atom stereocenters. The van der Waals surface area contributed by atoms with E-state index in [1.54, 1.807) is 0 Å². The van der Waals surface area contributed by atoms with E-state index in [1.807, 2.05) is 48.5 Å². The maximum Gasteiger partial charge on any atom is 0.302 e. The average molecular weight is 269 g/mol. The van der Waals surface area contributed by atoms with Gasteiger partial charge in [-0.25, -0.2) is 0 Å². The van der Waals surface area contributed by atoms with Gasteiger partial charge in [-0.1, -0.05) is 24.3 Å². The standard InChI is InChI=1S/C16H15NO3/c1-12(18)19-11-10-17-13-6-2-4-8-15(13)20-16-9-5-3-7-14(16)17/h2-9H,10-11H2,1H3. The fourth-order valence-corrected chi connectivity index (χ4v) is 2.30. The van der Waals surface area contributed by atoms with Crippen LogP contribution in [-0.4, -0.2) is 19.1 Å².